The second-order valence-electron chi connectivity index (χ2n) is 5.60. The van der Waals surface area contributed by atoms with Gasteiger partial charge in [-0.05, 0) is 36.1 Å². The zero-order valence-electron chi connectivity index (χ0n) is 13.1. The molecule has 0 heterocycles. The van der Waals surface area contributed by atoms with Crippen LogP contribution in [0.15, 0.2) is 54.7 Å². The minimum absolute atomic E-state index is 0.0361. The average molecular weight is 314 g/mol. The van der Waals surface area contributed by atoms with E-state index >= 15 is 0 Å². The molecule has 22 heavy (non-hydrogen) atoms. The van der Waals surface area contributed by atoms with Gasteiger partial charge >= 0.3 is 0 Å². The fourth-order valence-corrected chi connectivity index (χ4v) is 2.36. The zero-order chi connectivity index (χ0) is 16.1. The van der Waals surface area contributed by atoms with Crippen molar-refractivity contribution in [2.24, 2.45) is 0 Å². The first-order chi connectivity index (χ1) is 10.5. The van der Waals surface area contributed by atoms with Crippen LogP contribution in [0.3, 0.4) is 0 Å². The van der Waals surface area contributed by atoms with E-state index in [2.05, 4.69) is 19.2 Å². The SMILES string of the molecule is Cc1ccc(N/C=C/C(=O)c2ccc(C(C)C)cc2)c(Cl)c1. The lowest BCUT2D eigenvalue weighted by molar-refractivity contribution is 0.104. The molecule has 0 aliphatic rings. The summed E-state index contributed by atoms with van der Waals surface area (Å²) in [4.78, 5) is 12.1. The van der Waals surface area contributed by atoms with Gasteiger partial charge in [0.1, 0.15) is 0 Å². The molecule has 2 aromatic carbocycles. The van der Waals surface area contributed by atoms with Crippen LogP contribution in [0.25, 0.3) is 0 Å². The largest absolute Gasteiger partial charge is 0.360 e. The first-order valence-corrected chi connectivity index (χ1v) is 7.68. The Hall–Kier alpha value is -2.06. The third kappa shape index (κ3) is 4.22. The molecule has 0 spiro atoms. The lowest BCUT2D eigenvalue weighted by Gasteiger charge is -2.06. The summed E-state index contributed by atoms with van der Waals surface area (Å²) in [6.07, 6.45) is 3.13. The van der Waals surface area contributed by atoms with Gasteiger partial charge in [0, 0.05) is 17.8 Å². The maximum Gasteiger partial charge on any atom is 0.187 e. The molecule has 0 aliphatic carbocycles. The molecule has 2 nitrogen and oxygen atoms in total. The standard InChI is InChI=1S/C19H20ClNO/c1-13(2)15-5-7-16(8-6-15)19(22)10-11-21-18-9-4-14(3)12-17(18)20/h4-13,21H,1-3H3/b11-10+. The number of nitrogens with one attached hydrogen (secondary N) is 1. The molecule has 2 rings (SSSR count). The number of rotatable bonds is 5. The fraction of sp³-hybridized carbons (Fsp3) is 0.211. The second kappa shape index (κ2) is 7.28. The molecule has 0 aliphatic heterocycles. The van der Waals surface area contributed by atoms with Gasteiger partial charge < -0.3 is 5.32 Å². The highest BCUT2D eigenvalue weighted by Gasteiger charge is 2.04. The minimum atomic E-state index is -0.0361. The van der Waals surface area contributed by atoms with Crippen LogP contribution in [0.5, 0.6) is 0 Å². The van der Waals surface area contributed by atoms with Gasteiger partial charge in [0.25, 0.3) is 0 Å². The minimum Gasteiger partial charge on any atom is -0.360 e. The Bertz CT molecular complexity index is 687. The average Bonchev–Trinajstić information content (AvgIpc) is 2.49. The summed E-state index contributed by atoms with van der Waals surface area (Å²) in [5, 5.41) is 3.67. The Balaban J connectivity index is 2.02. The molecule has 0 saturated heterocycles. The number of carbonyl (C=O) groups is 1. The van der Waals surface area contributed by atoms with Crippen molar-refractivity contribution in [2.45, 2.75) is 26.7 Å². The Morgan fingerprint density at radius 1 is 1.14 bits per heavy atom. The quantitative estimate of drug-likeness (QED) is 0.576. The smallest absolute Gasteiger partial charge is 0.187 e. The summed E-state index contributed by atoms with van der Waals surface area (Å²) in [5.74, 6) is 0.427. The van der Waals surface area contributed by atoms with Crippen LogP contribution in [0.2, 0.25) is 5.02 Å². The Labute approximate surface area is 136 Å². The molecular weight excluding hydrogens is 294 g/mol. The van der Waals surface area contributed by atoms with E-state index in [4.69, 9.17) is 11.6 Å². The van der Waals surface area contributed by atoms with Gasteiger partial charge in [-0.15, -0.1) is 0 Å². The number of halogens is 1. The van der Waals surface area contributed by atoms with E-state index in [1.807, 2.05) is 49.4 Å². The van der Waals surface area contributed by atoms with Crippen LogP contribution in [-0.2, 0) is 0 Å². The molecule has 0 aromatic heterocycles. The predicted molar refractivity (Wildman–Crippen MR) is 93.8 cm³/mol. The number of carbonyl (C=O) groups excluding carboxylic acids is 1. The topological polar surface area (TPSA) is 29.1 Å². The van der Waals surface area contributed by atoms with Crippen LogP contribution in [-0.4, -0.2) is 5.78 Å². The first-order valence-electron chi connectivity index (χ1n) is 7.31. The van der Waals surface area contributed by atoms with Crippen LogP contribution in [0.4, 0.5) is 5.69 Å². The van der Waals surface area contributed by atoms with Crippen LogP contribution in [0.1, 0.15) is 41.3 Å². The van der Waals surface area contributed by atoms with E-state index in [1.54, 1.807) is 6.20 Å². The van der Waals surface area contributed by atoms with Crippen LogP contribution in [0, 0.1) is 6.92 Å². The Kier molecular flexibility index (Phi) is 5.40. The maximum atomic E-state index is 12.1. The monoisotopic (exact) mass is 313 g/mol. The molecule has 0 atom stereocenters. The van der Waals surface area contributed by atoms with Gasteiger partial charge in [-0.2, -0.15) is 0 Å². The number of allylic oxidation sites excluding steroid dienone is 1. The summed E-state index contributed by atoms with van der Waals surface area (Å²) in [5.41, 5.74) is 3.79. The maximum absolute atomic E-state index is 12.1. The van der Waals surface area contributed by atoms with Gasteiger partial charge in [-0.1, -0.05) is 55.8 Å². The molecule has 114 valence electrons. The Morgan fingerprint density at radius 2 is 1.82 bits per heavy atom. The van der Waals surface area contributed by atoms with Crippen molar-refractivity contribution >= 4 is 23.1 Å². The number of hydrogen-bond acceptors (Lipinski definition) is 2. The van der Waals surface area contributed by atoms with E-state index in [-0.39, 0.29) is 5.78 Å². The third-order valence-electron chi connectivity index (χ3n) is 3.46. The number of ketones is 1. The van der Waals surface area contributed by atoms with Crippen molar-refractivity contribution in [3.63, 3.8) is 0 Å². The lowest BCUT2D eigenvalue weighted by Crippen LogP contribution is -1.97. The van der Waals surface area contributed by atoms with E-state index < -0.39 is 0 Å². The molecule has 1 N–H and O–H groups in total. The summed E-state index contributed by atoms with van der Waals surface area (Å²) in [6, 6.07) is 13.5. The van der Waals surface area contributed by atoms with Crippen molar-refractivity contribution in [2.75, 3.05) is 5.32 Å². The highest BCUT2D eigenvalue weighted by atomic mass is 35.5. The highest BCUT2D eigenvalue weighted by molar-refractivity contribution is 6.33. The molecule has 2 aromatic rings. The Morgan fingerprint density at radius 3 is 2.41 bits per heavy atom. The molecule has 0 amide bonds. The number of aryl methyl sites for hydroxylation is 1. The van der Waals surface area contributed by atoms with E-state index in [0.29, 0.717) is 16.5 Å². The van der Waals surface area contributed by atoms with Gasteiger partial charge in [0.2, 0.25) is 0 Å². The highest BCUT2D eigenvalue weighted by Crippen LogP contribution is 2.22. The van der Waals surface area contributed by atoms with Gasteiger partial charge in [-0.25, -0.2) is 0 Å². The lowest BCUT2D eigenvalue weighted by atomic mass is 10.0. The van der Waals surface area contributed by atoms with Crippen LogP contribution < -0.4 is 5.32 Å². The molecule has 3 heteroatoms. The second-order valence-corrected chi connectivity index (χ2v) is 6.01. The first kappa shape index (κ1) is 16.3. The molecule has 0 unspecified atom stereocenters. The molecular formula is C19H20ClNO. The molecule has 0 saturated carbocycles. The predicted octanol–water partition coefficient (Wildman–Crippen LogP) is 5.58. The van der Waals surface area contributed by atoms with Gasteiger partial charge in [0.15, 0.2) is 5.78 Å². The van der Waals surface area contributed by atoms with Crippen molar-refractivity contribution in [3.05, 3.63) is 76.5 Å². The number of anilines is 1. The molecule has 0 radical (unpaired) electrons. The van der Waals surface area contributed by atoms with Crippen molar-refractivity contribution in [3.8, 4) is 0 Å². The van der Waals surface area contributed by atoms with Crippen molar-refractivity contribution in [1.82, 2.24) is 0 Å². The van der Waals surface area contributed by atoms with E-state index in [1.165, 1.54) is 11.6 Å². The van der Waals surface area contributed by atoms with Crippen molar-refractivity contribution in [1.29, 1.82) is 0 Å². The normalized spacial score (nSPS) is 11.1. The molecule has 0 fully saturated rings. The van der Waals surface area contributed by atoms with Gasteiger partial charge in [0.05, 0.1) is 10.7 Å². The third-order valence-corrected chi connectivity index (χ3v) is 3.77. The summed E-state index contributed by atoms with van der Waals surface area (Å²) < 4.78 is 0. The van der Waals surface area contributed by atoms with Crippen LogP contribution >= 0.6 is 11.6 Å². The van der Waals surface area contributed by atoms with E-state index in [0.717, 1.165) is 11.3 Å². The summed E-state index contributed by atoms with van der Waals surface area (Å²) in [7, 11) is 0. The molecule has 0 bridgehead atoms. The number of benzene rings is 2. The van der Waals surface area contributed by atoms with Gasteiger partial charge in [-0.3, -0.25) is 4.79 Å². The van der Waals surface area contributed by atoms with E-state index in [9.17, 15) is 4.79 Å². The summed E-state index contributed by atoms with van der Waals surface area (Å²) >= 11 is 6.13. The fourth-order valence-electron chi connectivity index (χ4n) is 2.07. The van der Waals surface area contributed by atoms with Crippen molar-refractivity contribution < 1.29 is 4.79 Å². The zero-order valence-corrected chi connectivity index (χ0v) is 13.8. The summed E-state index contributed by atoms with van der Waals surface area (Å²) in [6.45, 7) is 6.24. The number of hydrogen-bond donors (Lipinski definition) is 1.